The minimum atomic E-state index is -1.21. The number of nitrogens with two attached hydrogens (primary N) is 1. The van der Waals surface area contributed by atoms with Gasteiger partial charge in [0.25, 0.3) is 5.91 Å². The topological polar surface area (TPSA) is 85.2 Å². The lowest BCUT2D eigenvalue weighted by atomic mass is 9.97. The summed E-state index contributed by atoms with van der Waals surface area (Å²) in [5.41, 5.74) is 9.76. The number of aromatic nitrogens is 1. The fraction of sp³-hybridized carbons (Fsp3) is 0.250. The number of carbonyl (C=O) groups is 1. The van der Waals surface area contributed by atoms with E-state index in [9.17, 15) is 9.35 Å². The molecule has 1 aromatic heterocycles. The smallest absolute Gasteiger partial charge is 0.265 e. The molecule has 1 atom stereocenters. The minimum absolute atomic E-state index is 0.316. The standard InChI is InChI=1S/C20H23N3O2S/c1-12(2)15-6-5-7-16-17(19(20(21)24)22-18(15)16)13-8-10-14(11-9-13)26(25)23(3)4/h5-12,22H,1-4H3,(H2,21,24). The van der Waals surface area contributed by atoms with E-state index in [4.69, 9.17) is 5.73 Å². The number of primary amides is 1. The summed E-state index contributed by atoms with van der Waals surface area (Å²) >= 11 is -1.21. The molecule has 0 aliphatic carbocycles. The molecule has 3 N–H and O–H groups in total. The van der Waals surface area contributed by atoms with Gasteiger partial charge in [0.05, 0.1) is 16.9 Å². The SMILES string of the molecule is CC(C)c1cccc2c(-c3ccc([S+]([O-])N(C)C)cc3)c(C(N)=O)[nH]c12. The molecule has 3 rings (SSSR count). The monoisotopic (exact) mass is 369 g/mol. The van der Waals surface area contributed by atoms with Crippen molar-refractivity contribution in [3.63, 3.8) is 0 Å². The molecule has 6 heteroatoms. The average Bonchev–Trinajstić information content (AvgIpc) is 3.00. The number of para-hydroxylation sites is 1. The number of nitrogens with zero attached hydrogens (tertiary/aromatic N) is 1. The van der Waals surface area contributed by atoms with Gasteiger partial charge in [-0.25, -0.2) is 0 Å². The number of rotatable bonds is 5. The molecule has 0 saturated carbocycles. The maximum Gasteiger partial charge on any atom is 0.265 e. The Morgan fingerprint density at radius 2 is 1.81 bits per heavy atom. The third-order valence-corrected chi connectivity index (χ3v) is 5.75. The Labute approximate surface area is 156 Å². The van der Waals surface area contributed by atoms with Crippen molar-refractivity contribution < 1.29 is 9.35 Å². The molecule has 0 bridgehead atoms. The van der Waals surface area contributed by atoms with Crippen molar-refractivity contribution in [3.05, 3.63) is 53.7 Å². The molecule has 1 heterocycles. The molecule has 0 aliphatic heterocycles. The van der Waals surface area contributed by atoms with Crippen LogP contribution >= 0.6 is 0 Å². The normalized spacial score (nSPS) is 12.9. The van der Waals surface area contributed by atoms with Crippen molar-refractivity contribution in [2.75, 3.05) is 14.1 Å². The third kappa shape index (κ3) is 3.23. The van der Waals surface area contributed by atoms with Crippen molar-refractivity contribution >= 4 is 28.2 Å². The zero-order chi connectivity index (χ0) is 19.0. The second kappa shape index (κ2) is 7.15. The van der Waals surface area contributed by atoms with Crippen molar-refractivity contribution in [1.29, 1.82) is 0 Å². The molecule has 0 saturated heterocycles. The Morgan fingerprint density at radius 3 is 2.35 bits per heavy atom. The molecular weight excluding hydrogens is 346 g/mol. The Kier molecular flexibility index (Phi) is 5.09. The lowest BCUT2D eigenvalue weighted by molar-refractivity contribution is 0.0997. The number of benzene rings is 2. The zero-order valence-electron chi connectivity index (χ0n) is 15.4. The molecule has 26 heavy (non-hydrogen) atoms. The van der Waals surface area contributed by atoms with Gasteiger partial charge in [-0.2, -0.15) is 0 Å². The molecule has 3 aromatic rings. The van der Waals surface area contributed by atoms with E-state index in [-0.39, 0.29) is 0 Å². The van der Waals surface area contributed by atoms with E-state index in [0.717, 1.165) is 27.6 Å². The van der Waals surface area contributed by atoms with Gasteiger partial charge in [-0.3, -0.25) is 4.79 Å². The van der Waals surface area contributed by atoms with Crippen LogP contribution in [0.25, 0.3) is 22.0 Å². The first-order valence-electron chi connectivity index (χ1n) is 8.45. The Hall–Kier alpha value is -2.28. The number of aromatic amines is 1. The number of hydrogen-bond donors (Lipinski definition) is 2. The van der Waals surface area contributed by atoms with E-state index >= 15 is 0 Å². The molecular formula is C20H23N3O2S. The van der Waals surface area contributed by atoms with Gasteiger partial charge in [0, 0.05) is 25.0 Å². The maximum atomic E-state index is 12.2. The summed E-state index contributed by atoms with van der Waals surface area (Å²) in [5, 5.41) is 0.964. The van der Waals surface area contributed by atoms with Crippen LogP contribution in [0.15, 0.2) is 47.4 Å². The molecule has 0 fully saturated rings. The number of nitrogens with one attached hydrogen (secondary N) is 1. The summed E-state index contributed by atoms with van der Waals surface area (Å²) in [6.45, 7) is 4.23. The fourth-order valence-electron chi connectivity index (χ4n) is 3.15. The lowest BCUT2D eigenvalue weighted by Crippen LogP contribution is -2.22. The van der Waals surface area contributed by atoms with Crippen molar-refractivity contribution in [3.8, 4) is 11.1 Å². The molecule has 5 nitrogen and oxygen atoms in total. The van der Waals surface area contributed by atoms with Gasteiger partial charge in [-0.15, -0.1) is 4.31 Å². The summed E-state index contributed by atoms with van der Waals surface area (Å²) in [5.74, 6) is -0.178. The molecule has 1 unspecified atom stereocenters. The van der Waals surface area contributed by atoms with E-state index in [1.807, 2.05) is 36.4 Å². The second-order valence-electron chi connectivity index (χ2n) is 6.75. The average molecular weight is 369 g/mol. The first kappa shape index (κ1) is 18.5. The Balaban J connectivity index is 2.19. The summed E-state index contributed by atoms with van der Waals surface area (Å²) in [6, 6.07) is 13.5. The van der Waals surface area contributed by atoms with Gasteiger partial charge < -0.3 is 15.3 Å². The minimum Gasteiger partial charge on any atom is -0.593 e. The molecule has 2 aromatic carbocycles. The summed E-state index contributed by atoms with van der Waals surface area (Å²) < 4.78 is 13.8. The number of hydrogen-bond acceptors (Lipinski definition) is 3. The molecule has 1 amide bonds. The Bertz CT molecular complexity index is 946. The summed E-state index contributed by atoms with van der Waals surface area (Å²) in [7, 11) is 3.53. The summed E-state index contributed by atoms with van der Waals surface area (Å²) in [6.07, 6.45) is 0. The lowest BCUT2D eigenvalue weighted by Gasteiger charge is -2.15. The first-order chi connectivity index (χ1) is 12.3. The van der Waals surface area contributed by atoms with Gasteiger partial charge in [0.2, 0.25) is 0 Å². The van der Waals surface area contributed by atoms with E-state index in [2.05, 4.69) is 24.9 Å². The second-order valence-corrected chi connectivity index (χ2v) is 8.45. The van der Waals surface area contributed by atoms with Crippen LogP contribution in [0.4, 0.5) is 0 Å². The van der Waals surface area contributed by atoms with Gasteiger partial charge in [-0.05, 0) is 41.3 Å². The number of carbonyl (C=O) groups excluding carboxylic acids is 1. The van der Waals surface area contributed by atoms with Crippen molar-refractivity contribution in [2.24, 2.45) is 5.73 Å². The maximum absolute atomic E-state index is 12.2. The predicted molar refractivity (Wildman–Crippen MR) is 106 cm³/mol. The van der Waals surface area contributed by atoms with Crippen LogP contribution in [0.2, 0.25) is 0 Å². The van der Waals surface area contributed by atoms with E-state index in [1.54, 1.807) is 18.4 Å². The van der Waals surface area contributed by atoms with E-state index in [0.29, 0.717) is 16.5 Å². The quantitative estimate of drug-likeness (QED) is 0.673. The van der Waals surface area contributed by atoms with Gasteiger partial charge in [0.1, 0.15) is 5.69 Å². The van der Waals surface area contributed by atoms with Crippen molar-refractivity contribution in [1.82, 2.24) is 9.29 Å². The number of fused-ring (bicyclic) bond motifs is 1. The van der Waals surface area contributed by atoms with Gasteiger partial charge in [0.15, 0.2) is 4.90 Å². The third-order valence-electron chi connectivity index (χ3n) is 4.41. The predicted octanol–water partition coefficient (Wildman–Crippen LogP) is 3.64. The highest BCUT2D eigenvalue weighted by Crippen LogP contribution is 2.36. The van der Waals surface area contributed by atoms with E-state index in [1.165, 1.54) is 0 Å². The van der Waals surface area contributed by atoms with Crippen LogP contribution in [-0.4, -0.2) is 33.8 Å². The molecule has 136 valence electrons. The highest BCUT2D eigenvalue weighted by atomic mass is 32.2. The van der Waals surface area contributed by atoms with Crippen LogP contribution in [0.3, 0.4) is 0 Å². The molecule has 0 spiro atoms. The zero-order valence-corrected chi connectivity index (χ0v) is 16.2. The molecule has 0 radical (unpaired) electrons. The highest BCUT2D eigenvalue weighted by Gasteiger charge is 2.21. The summed E-state index contributed by atoms with van der Waals surface area (Å²) in [4.78, 5) is 16.0. The van der Waals surface area contributed by atoms with Crippen molar-refractivity contribution in [2.45, 2.75) is 24.7 Å². The number of H-pyrrole nitrogens is 1. The van der Waals surface area contributed by atoms with Gasteiger partial charge >= 0.3 is 0 Å². The van der Waals surface area contributed by atoms with Crippen LogP contribution < -0.4 is 5.73 Å². The first-order valence-corrected chi connectivity index (χ1v) is 9.56. The Morgan fingerprint density at radius 1 is 1.15 bits per heavy atom. The van der Waals surface area contributed by atoms with Gasteiger partial charge in [-0.1, -0.05) is 32.0 Å². The van der Waals surface area contributed by atoms with Crippen LogP contribution in [-0.2, 0) is 11.4 Å². The molecule has 0 aliphatic rings. The fourth-order valence-corrected chi connectivity index (χ4v) is 3.95. The largest absolute Gasteiger partial charge is 0.593 e. The van der Waals surface area contributed by atoms with Crippen LogP contribution in [0, 0.1) is 0 Å². The highest BCUT2D eigenvalue weighted by molar-refractivity contribution is 7.89. The van der Waals surface area contributed by atoms with E-state index < -0.39 is 17.3 Å². The van der Waals surface area contributed by atoms with Crippen LogP contribution in [0.5, 0.6) is 0 Å². The number of amides is 1. The van der Waals surface area contributed by atoms with Crippen LogP contribution in [0.1, 0.15) is 35.8 Å².